The Balaban J connectivity index is 2.35. The van der Waals surface area contributed by atoms with Gasteiger partial charge in [0.1, 0.15) is 0 Å². The third-order valence-electron chi connectivity index (χ3n) is 2.32. The second-order valence-corrected chi connectivity index (χ2v) is 4.86. The smallest absolute Gasteiger partial charge is 0.0660 e. The maximum absolute atomic E-state index is 5.32. The van der Waals surface area contributed by atoms with Crippen LogP contribution >= 0.6 is 11.8 Å². The van der Waals surface area contributed by atoms with Crippen molar-refractivity contribution >= 4 is 11.8 Å². The zero-order chi connectivity index (χ0) is 8.97. The van der Waals surface area contributed by atoms with Gasteiger partial charge in [0.25, 0.3) is 0 Å². The van der Waals surface area contributed by atoms with Crippen LogP contribution in [0.15, 0.2) is 0 Å². The van der Waals surface area contributed by atoms with E-state index < -0.39 is 0 Å². The van der Waals surface area contributed by atoms with E-state index >= 15 is 0 Å². The monoisotopic (exact) mass is 183 g/mol. The lowest BCUT2D eigenvalue weighted by atomic mass is 10.1. The quantitative estimate of drug-likeness (QED) is 0.656. The Bertz CT molecular complexity index is 173. The zero-order valence-electron chi connectivity index (χ0n) is 7.84. The molecule has 0 aromatic carbocycles. The molecule has 2 heteroatoms. The maximum atomic E-state index is 5.32. The van der Waals surface area contributed by atoms with Gasteiger partial charge in [-0.1, -0.05) is 12.8 Å². The van der Waals surface area contributed by atoms with Gasteiger partial charge in [0, 0.05) is 11.3 Å². The van der Waals surface area contributed by atoms with Crippen molar-refractivity contribution in [2.24, 2.45) is 0 Å². The van der Waals surface area contributed by atoms with E-state index in [-0.39, 0.29) is 6.04 Å². The Hall–Kier alpha value is -0.130. The number of terminal acetylenes is 1. The SMILES string of the molecule is C#CC(C)NC1CCCSC1C. The van der Waals surface area contributed by atoms with Crippen molar-refractivity contribution in [2.75, 3.05) is 5.75 Å². The molecule has 1 aliphatic rings. The number of rotatable bonds is 2. The largest absolute Gasteiger partial charge is 0.300 e. The molecule has 0 amide bonds. The van der Waals surface area contributed by atoms with E-state index in [4.69, 9.17) is 6.42 Å². The van der Waals surface area contributed by atoms with E-state index in [1.807, 2.05) is 18.7 Å². The van der Waals surface area contributed by atoms with Crippen molar-refractivity contribution in [2.45, 2.75) is 44.0 Å². The van der Waals surface area contributed by atoms with Crippen LogP contribution in [0.5, 0.6) is 0 Å². The lowest BCUT2D eigenvalue weighted by Gasteiger charge is -2.30. The van der Waals surface area contributed by atoms with E-state index in [0.717, 1.165) is 5.25 Å². The number of thioether (sulfide) groups is 1. The van der Waals surface area contributed by atoms with Gasteiger partial charge in [0.2, 0.25) is 0 Å². The molecular weight excluding hydrogens is 166 g/mol. The molecule has 3 unspecified atom stereocenters. The van der Waals surface area contributed by atoms with Gasteiger partial charge in [-0.15, -0.1) is 6.42 Å². The van der Waals surface area contributed by atoms with E-state index in [1.165, 1.54) is 18.6 Å². The fourth-order valence-electron chi connectivity index (χ4n) is 1.51. The summed E-state index contributed by atoms with van der Waals surface area (Å²) in [4.78, 5) is 0. The minimum Gasteiger partial charge on any atom is -0.300 e. The van der Waals surface area contributed by atoms with Gasteiger partial charge in [-0.3, -0.25) is 0 Å². The van der Waals surface area contributed by atoms with Crippen LogP contribution in [0.2, 0.25) is 0 Å². The predicted octanol–water partition coefficient (Wildman–Crippen LogP) is 1.88. The van der Waals surface area contributed by atoms with Gasteiger partial charge in [0.15, 0.2) is 0 Å². The second-order valence-electron chi connectivity index (χ2n) is 3.38. The molecule has 12 heavy (non-hydrogen) atoms. The summed E-state index contributed by atoms with van der Waals surface area (Å²) in [7, 11) is 0. The lowest BCUT2D eigenvalue weighted by Crippen LogP contribution is -2.43. The van der Waals surface area contributed by atoms with E-state index in [9.17, 15) is 0 Å². The minimum atomic E-state index is 0.219. The van der Waals surface area contributed by atoms with E-state index in [0.29, 0.717) is 6.04 Å². The van der Waals surface area contributed by atoms with Crippen LogP contribution < -0.4 is 5.32 Å². The summed E-state index contributed by atoms with van der Waals surface area (Å²) >= 11 is 2.05. The normalized spacial score (nSPS) is 32.4. The van der Waals surface area contributed by atoms with Crippen LogP contribution in [0.3, 0.4) is 0 Å². The molecule has 1 fully saturated rings. The lowest BCUT2D eigenvalue weighted by molar-refractivity contribution is 0.447. The summed E-state index contributed by atoms with van der Waals surface area (Å²) in [6, 6.07) is 0.839. The molecule has 68 valence electrons. The Kier molecular flexibility index (Phi) is 3.97. The highest BCUT2D eigenvalue weighted by Gasteiger charge is 2.21. The molecule has 1 aliphatic heterocycles. The Morgan fingerprint density at radius 1 is 1.67 bits per heavy atom. The molecule has 0 bridgehead atoms. The molecule has 1 rings (SSSR count). The van der Waals surface area contributed by atoms with Crippen molar-refractivity contribution in [1.29, 1.82) is 0 Å². The van der Waals surface area contributed by atoms with Gasteiger partial charge >= 0.3 is 0 Å². The summed E-state index contributed by atoms with van der Waals surface area (Å²) < 4.78 is 0. The van der Waals surface area contributed by atoms with Crippen LogP contribution in [0.1, 0.15) is 26.7 Å². The highest BCUT2D eigenvalue weighted by atomic mass is 32.2. The third kappa shape index (κ3) is 2.73. The van der Waals surface area contributed by atoms with Gasteiger partial charge in [0.05, 0.1) is 6.04 Å². The van der Waals surface area contributed by atoms with Crippen LogP contribution in [0.25, 0.3) is 0 Å². The molecule has 0 aromatic heterocycles. The first-order chi connectivity index (χ1) is 5.74. The summed E-state index contributed by atoms with van der Waals surface area (Å²) in [6.07, 6.45) is 7.92. The molecule has 1 nitrogen and oxygen atoms in total. The first kappa shape index (κ1) is 9.95. The molecule has 1 heterocycles. The molecule has 1 N–H and O–H groups in total. The van der Waals surface area contributed by atoms with Gasteiger partial charge < -0.3 is 5.32 Å². The van der Waals surface area contributed by atoms with Crippen LogP contribution in [0.4, 0.5) is 0 Å². The number of nitrogens with one attached hydrogen (secondary N) is 1. The molecule has 0 spiro atoms. The highest BCUT2D eigenvalue weighted by molar-refractivity contribution is 7.99. The number of hydrogen-bond acceptors (Lipinski definition) is 2. The average Bonchev–Trinajstić information content (AvgIpc) is 2.09. The molecule has 0 aliphatic carbocycles. The van der Waals surface area contributed by atoms with Gasteiger partial charge in [-0.2, -0.15) is 11.8 Å². The minimum absolute atomic E-state index is 0.219. The van der Waals surface area contributed by atoms with Crippen LogP contribution in [0, 0.1) is 12.3 Å². The zero-order valence-corrected chi connectivity index (χ0v) is 8.66. The number of hydrogen-bond donors (Lipinski definition) is 1. The van der Waals surface area contributed by atoms with E-state index in [2.05, 4.69) is 18.2 Å². The average molecular weight is 183 g/mol. The first-order valence-corrected chi connectivity index (χ1v) is 5.62. The maximum Gasteiger partial charge on any atom is 0.0660 e. The molecule has 0 aromatic rings. The third-order valence-corrected chi connectivity index (χ3v) is 3.70. The van der Waals surface area contributed by atoms with Crippen molar-refractivity contribution in [3.8, 4) is 12.3 Å². The summed E-state index contributed by atoms with van der Waals surface area (Å²) in [5, 5.41) is 4.18. The second kappa shape index (κ2) is 4.79. The van der Waals surface area contributed by atoms with E-state index in [1.54, 1.807) is 0 Å². The fourth-order valence-corrected chi connectivity index (χ4v) is 2.66. The Morgan fingerprint density at radius 2 is 2.42 bits per heavy atom. The summed E-state index contributed by atoms with van der Waals surface area (Å²) in [5.74, 6) is 4.02. The Labute approximate surface area is 79.7 Å². The van der Waals surface area contributed by atoms with Crippen LogP contribution in [-0.4, -0.2) is 23.1 Å². The molecule has 3 atom stereocenters. The van der Waals surface area contributed by atoms with Gasteiger partial charge in [-0.25, -0.2) is 0 Å². The molecule has 1 saturated heterocycles. The van der Waals surface area contributed by atoms with Crippen molar-refractivity contribution in [3.63, 3.8) is 0 Å². The fraction of sp³-hybridized carbons (Fsp3) is 0.800. The van der Waals surface area contributed by atoms with Crippen molar-refractivity contribution in [1.82, 2.24) is 5.32 Å². The summed E-state index contributed by atoms with van der Waals surface area (Å²) in [6.45, 7) is 4.33. The standard InChI is InChI=1S/C10H17NS/c1-4-8(2)11-10-6-5-7-12-9(10)3/h1,8-11H,5-7H2,2-3H3. The first-order valence-electron chi connectivity index (χ1n) is 4.58. The predicted molar refractivity (Wildman–Crippen MR) is 56.4 cm³/mol. The van der Waals surface area contributed by atoms with Crippen molar-refractivity contribution < 1.29 is 0 Å². The van der Waals surface area contributed by atoms with Crippen molar-refractivity contribution in [3.05, 3.63) is 0 Å². The molecule has 0 radical (unpaired) electrons. The highest BCUT2D eigenvalue weighted by Crippen LogP contribution is 2.25. The van der Waals surface area contributed by atoms with Gasteiger partial charge in [-0.05, 0) is 25.5 Å². The topological polar surface area (TPSA) is 12.0 Å². The molecular formula is C10H17NS. The summed E-state index contributed by atoms with van der Waals surface area (Å²) in [5.41, 5.74) is 0. The van der Waals surface area contributed by atoms with Crippen LogP contribution in [-0.2, 0) is 0 Å². The Morgan fingerprint density at radius 3 is 3.00 bits per heavy atom. The molecule has 0 saturated carbocycles.